The summed E-state index contributed by atoms with van der Waals surface area (Å²) >= 11 is 1.65. The van der Waals surface area contributed by atoms with Crippen molar-refractivity contribution in [2.24, 2.45) is 0 Å². The lowest BCUT2D eigenvalue weighted by Crippen LogP contribution is -1.94. The first-order valence-electron chi connectivity index (χ1n) is 7.00. The van der Waals surface area contributed by atoms with E-state index in [4.69, 9.17) is 0 Å². The molecule has 1 aromatic carbocycles. The summed E-state index contributed by atoms with van der Waals surface area (Å²) in [7, 11) is 0. The van der Waals surface area contributed by atoms with Gasteiger partial charge in [-0.05, 0) is 58.8 Å². The van der Waals surface area contributed by atoms with Gasteiger partial charge in [0.1, 0.15) is 11.5 Å². The average Bonchev–Trinajstić information content (AvgIpc) is 3.09. The molecule has 0 aliphatic heterocycles. The van der Waals surface area contributed by atoms with Crippen LogP contribution < -0.4 is 0 Å². The van der Waals surface area contributed by atoms with Crippen molar-refractivity contribution in [3.8, 4) is 11.5 Å². The van der Waals surface area contributed by atoms with Crippen LogP contribution in [-0.4, -0.2) is 10.2 Å². The van der Waals surface area contributed by atoms with E-state index in [1.807, 2.05) is 23.6 Å². The van der Waals surface area contributed by atoms with Crippen molar-refractivity contribution in [1.82, 2.24) is 0 Å². The van der Waals surface area contributed by atoms with E-state index in [1.165, 1.54) is 12.8 Å². The fourth-order valence-electron chi connectivity index (χ4n) is 2.94. The van der Waals surface area contributed by atoms with Crippen LogP contribution in [0.5, 0.6) is 11.5 Å². The SMILES string of the molecule is Oc1cc(/C=C/c2ccsc2)cc(O)c1C1CCCC1. The number of phenols is 2. The summed E-state index contributed by atoms with van der Waals surface area (Å²) in [5.41, 5.74) is 2.69. The maximum Gasteiger partial charge on any atom is 0.123 e. The van der Waals surface area contributed by atoms with Gasteiger partial charge in [-0.3, -0.25) is 0 Å². The number of benzene rings is 1. The molecule has 2 nitrogen and oxygen atoms in total. The lowest BCUT2D eigenvalue weighted by atomic mass is 9.94. The van der Waals surface area contributed by atoms with Crippen LogP contribution in [0.1, 0.15) is 48.3 Å². The van der Waals surface area contributed by atoms with E-state index in [2.05, 4.69) is 5.38 Å². The van der Waals surface area contributed by atoms with E-state index < -0.39 is 0 Å². The minimum absolute atomic E-state index is 0.224. The molecule has 3 heteroatoms. The molecule has 3 rings (SSSR count). The molecule has 1 heterocycles. The third kappa shape index (κ3) is 2.73. The van der Waals surface area contributed by atoms with Crippen molar-refractivity contribution >= 4 is 23.5 Å². The molecule has 0 unspecified atom stereocenters. The van der Waals surface area contributed by atoms with Gasteiger partial charge in [-0.15, -0.1) is 0 Å². The lowest BCUT2D eigenvalue weighted by molar-refractivity contribution is 0.428. The van der Waals surface area contributed by atoms with Gasteiger partial charge in [-0.25, -0.2) is 0 Å². The number of aromatic hydroxyl groups is 2. The van der Waals surface area contributed by atoms with Gasteiger partial charge in [0.05, 0.1) is 0 Å². The third-order valence-corrected chi connectivity index (χ3v) is 4.63. The lowest BCUT2D eigenvalue weighted by Gasteiger charge is -2.14. The predicted octanol–water partition coefficient (Wildman–Crippen LogP) is 4.99. The summed E-state index contributed by atoms with van der Waals surface area (Å²) in [5.74, 6) is 0.758. The minimum Gasteiger partial charge on any atom is -0.507 e. The molecule has 0 saturated heterocycles. The topological polar surface area (TPSA) is 40.5 Å². The molecule has 1 fully saturated rings. The molecule has 1 aliphatic carbocycles. The van der Waals surface area contributed by atoms with Crippen molar-refractivity contribution in [2.45, 2.75) is 31.6 Å². The standard InChI is InChI=1S/C17H18O2S/c18-15-9-13(6-5-12-7-8-20-11-12)10-16(19)17(15)14-3-1-2-4-14/h5-11,14,18-19H,1-4H2/b6-5+. The van der Waals surface area contributed by atoms with Crippen LogP contribution in [0.15, 0.2) is 29.0 Å². The van der Waals surface area contributed by atoms with Crippen molar-refractivity contribution in [2.75, 3.05) is 0 Å². The highest BCUT2D eigenvalue weighted by Gasteiger charge is 2.23. The van der Waals surface area contributed by atoms with Gasteiger partial charge < -0.3 is 10.2 Å². The Labute approximate surface area is 123 Å². The Morgan fingerprint density at radius 3 is 2.25 bits per heavy atom. The molecule has 0 atom stereocenters. The fraction of sp³-hybridized carbons (Fsp3) is 0.294. The van der Waals surface area contributed by atoms with E-state index in [-0.39, 0.29) is 11.5 Å². The van der Waals surface area contributed by atoms with Gasteiger partial charge in [-0.2, -0.15) is 11.3 Å². The van der Waals surface area contributed by atoms with Gasteiger partial charge in [0.2, 0.25) is 0 Å². The fourth-order valence-corrected chi connectivity index (χ4v) is 3.56. The quantitative estimate of drug-likeness (QED) is 0.834. The Balaban J connectivity index is 1.87. The zero-order chi connectivity index (χ0) is 13.9. The van der Waals surface area contributed by atoms with E-state index in [0.717, 1.165) is 29.5 Å². The molecular weight excluding hydrogens is 268 g/mol. The number of phenolic OH excluding ortho intramolecular Hbond substituents is 2. The molecule has 0 radical (unpaired) electrons. The highest BCUT2D eigenvalue weighted by molar-refractivity contribution is 7.08. The summed E-state index contributed by atoms with van der Waals surface area (Å²) in [6.07, 6.45) is 8.39. The smallest absolute Gasteiger partial charge is 0.123 e. The highest BCUT2D eigenvalue weighted by Crippen LogP contribution is 2.43. The first-order valence-corrected chi connectivity index (χ1v) is 7.94. The molecule has 2 N–H and O–H groups in total. The summed E-state index contributed by atoms with van der Waals surface area (Å²) in [6.45, 7) is 0. The normalized spacial score (nSPS) is 16.2. The average molecular weight is 286 g/mol. The van der Waals surface area contributed by atoms with Crippen LogP contribution in [0.4, 0.5) is 0 Å². The maximum absolute atomic E-state index is 10.2. The molecule has 1 aliphatic rings. The second-order valence-corrected chi connectivity index (χ2v) is 6.12. The molecule has 0 bridgehead atoms. The largest absolute Gasteiger partial charge is 0.507 e. The number of thiophene rings is 1. The van der Waals surface area contributed by atoms with Crippen LogP contribution in [0.2, 0.25) is 0 Å². The number of hydrogen-bond acceptors (Lipinski definition) is 3. The summed E-state index contributed by atoms with van der Waals surface area (Å²) < 4.78 is 0. The number of rotatable bonds is 3. The van der Waals surface area contributed by atoms with Crippen LogP contribution in [-0.2, 0) is 0 Å². The minimum atomic E-state index is 0.224. The van der Waals surface area contributed by atoms with Crippen molar-refractivity contribution < 1.29 is 10.2 Å². The van der Waals surface area contributed by atoms with Crippen molar-refractivity contribution in [1.29, 1.82) is 0 Å². The van der Waals surface area contributed by atoms with E-state index in [1.54, 1.807) is 23.5 Å². The van der Waals surface area contributed by atoms with Gasteiger partial charge in [0.25, 0.3) is 0 Å². The predicted molar refractivity (Wildman–Crippen MR) is 84.2 cm³/mol. The van der Waals surface area contributed by atoms with Gasteiger partial charge in [0.15, 0.2) is 0 Å². The first kappa shape index (κ1) is 13.3. The zero-order valence-electron chi connectivity index (χ0n) is 11.2. The highest BCUT2D eigenvalue weighted by atomic mass is 32.1. The Kier molecular flexibility index (Phi) is 3.79. The zero-order valence-corrected chi connectivity index (χ0v) is 12.1. The van der Waals surface area contributed by atoms with E-state index in [9.17, 15) is 10.2 Å². The summed E-state index contributed by atoms with van der Waals surface area (Å²) in [6, 6.07) is 5.53. The molecular formula is C17H18O2S. The second-order valence-electron chi connectivity index (χ2n) is 5.34. The molecule has 2 aromatic rings. The number of hydrogen-bond donors (Lipinski definition) is 2. The van der Waals surface area contributed by atoms with E-state index in [0.29, 0.717) is 5.92 Å². The molecule has 0 spiro atoms. The Morgan fingerprint density at radius 1 is 1.00 bits per heavy atom. The summed E-state index contributed by atoms with van der Waals surface area (Å²) in [4.78, 5) is 0. The third-order valence-electron chi connectivity index (χ3n) is 3.93. The maximum atomic E-state index is 10.2. The first-order chi connectivity index (χ1) is 9.74. The van der Waals surface area contributed by atoms with Crippen LogP contribution in [0, 0.1) is 0 Å². The Hall–Kier alpha value is -1.74. The molecule has 0 amide bonds. The monoisotopic (exact) mass is 286 g/mol. The molecule has 1 saturated carbocycles. The van der Waals surface area contributed by atoms with Crippen molar-refractivity contribution in [3.63, 3.8) is 0 Å². The van der Waals surface area contributed by atoms with Crippen LogP contribution >= 0.6 is 11.3 Å². The molecule has 1 aromatic heterocycles. The van der Waals surface area contributed by atoms with Crippen LogP contribution in [0.25, 0.3) is 12.2 Å². The van der Waals surface area contributed by atoms with Gasteiger partial charge in [0, 0.05) is 5.56 Å². The van der Waals surface area contributed by atoms with Crippen LogP contribution in [0.3, 0.4) is 0 Å². The summed E-state index contributed by atoms with van der Waals surface area (Å²) in [5, 5.41) is 24.5. The van der Waals surface area contributed by atoms with E-state index >= 15 is 0 Å². The Morgan fingerprint density at radius 2 is 1.65 bits per heavy atom. The van der Waals surface area contributed by atoms with Gasteiger partial charge in [-0.1, -0.05) is 25.0 Å². The molecule has 20 heavy (non-hydrogen) atoms. The van der Waals surface area contributed by atoms with Crippen molar-refractivity contribution in [3.05, 3.63) is 45.6 Å². The Bertz CT molecular complexity index is 585. The second kappa shape index (κ2) is 5.71. The van der Waals surface area contributed by atoms with Gasteiger partial charge >= 0.3 is 0 Å². The molecule has 104 valence electrons.